The van der Waals surface area contributed by atoms with Crippen LogP contribution in [-0.4, -0.2) is 23.2 Å². The van der Waals surface area contributed by atoms with Crippen LogP contribution in [-0.2, 0) is 0 Å². The first-order valence-electron chi connectivity index (χ1n) is 6.37. The molecule has 2 N–H and O–H groups in total. The zero-order valence-corrected chi connectivity index (χ0v) is 11.7. The third kappa shape index (κ3) is 3.98. The maximum absolute atomic E-state index is 13.6. The molecule has 2 rings (SSSR count). The standard InChI is InChI=1S/C16H10FN3O3/c17-14-7-11(8-18)3-6-13(14)15(21)20-19-9-10-1-4-12(5-2-10)16(22)23/h1-7,9H,(H,20,21)(H,22,23)/b19-9-. The first-order valence-corrected chi connectivity index (χ1v) is 6.37. The van der Waals surface area contributed by atoms with E-state index in [9.17, 15) is 14.0 Å². The van der Waals surface area contributed by atoms with Gasteiger partial charge in [0.05, 0.1) is 29.0 Å². The van der Waals surface area contributed by atoms with E-state index in [1.54, 1.807) is 6.07 Å². The fraction of sp³-hybridized carbons (Fsp3) is 0. The van der Waals surface area contributed by atoms with Gasteiger partial charge in [0.25, 0.3) is 5.91 Å². The van der Waals surface area contributed by atoms with E-state index < -0.39 is 17.7 Å². The first kappa shape index (κ1) is 15.9. The molecule has 2 aromatic carbocycles. The Morgan fingerprint density at radius 3 is 2.48 bits per heavy atom. The number of carboxylic acids is 1. The molecule has 114 valence electrons. The summed E-state index contributed by atoms with van der Waals surface area (Å²) in [6.07, 6.45) is 1.30. The van der Waals surface area contributed by atoms with Gasteiger partial charge in [0.2, 0.25) is 0 Å². The summed E-state index contributed by atoms with van der Waals surface area (Å²) in [5.41, 5.74) is 2.73. The molecule has 7 heteroatoms. The minimum Gasteiger partial charge on any atom is -0.478 e. The molecular formula is C16H10FN3O3. The smallest absolute Gasteiger partial charge is 0.335 e. The quantitative estimate of drug-likeness (QED) is 0.667. The number of benzene rings is 2. The molecule has 0 aromatic heterocycles. The minimum absolute atomic E-state index is 0.112. The molecule has 0 aliphatic heterocycles. The molecule has 0 unspecified atom stereocenters. The van der Waals surface area contributed by atoms with Crippen LogP contribution in [0.3, 0.4) is 0 Å². The molecular weight excluding hydrogens is 301 g/mol. The topological polar surface area (TPSA) is 103 Å². The van der Waals surface area contributed by atoms with Crippen LogP contribution in [0.1, 0.15) is 31.8 Å². The van der Waals surface area contributed by atoms with E-state index in [1.807, 2.05) is 0 Å². The summed E-state index contributed by atoms with van der Waals surface area (Å²) in [6.45, 7) is 0. The maximum Gasteiger partial charge on any atom is 0.335 e. The van der Waals surface area contributed by atoms with Gasteiger partial charge in [-0.15, -0.1) is 0 Å². The second kappa shape index (κ2) is 6.95. The average molecular weight is 311 g/mol. The summed E-state index contributed by atoms with van der Waals surface area (Å²) in [4.78, 5) is 22.5. The molecule has 0 bridgehead atoms. The van der Waals surface area contributed by atoms with Gasteiger partial charge in [0.1, 0.15) is 5.82 Å². The van der Waals surface area contributed by atoms with Crippen LogP contribution in [0.25, 0.3) is 0 Å². The monoisotopic (exact) mass is 311 g/mol. The number of aromatic carboxylic acids is 1. The molecule has 6 nitrogen and oxygen atoms in total. The predicted molar refractivity (Wildman–Crippen MR) is 79.6 cm³/mol. The SMILES string of the molecule is N#Cc1ccc(C(=O)N/N=C\c2ccc(C(=O)O)cc2)c(F)c1. The van der Waals surface area contributed by atoms with Gasteiger partial charge < -0.3 is 5.11 Å². The number of amides is 1. The lowest BCUT2D eigenvalue weighted by Crippen LogP contribution is -2.19. The van der Waals surface area contributed by atoms with Gasteiger partial charge in [-0.05, 0) is 35.9 Å². The highest BCUT2D eigenvalue weighted by Gasteiger charge is 2.11. The second-order valence-corrected chi connectivity index (χ2v) is 4.43. The van der Waals surface area contributed by atoms with Gasteiger partial charge in [0.15, 0.2) is 0 Å². The number of hydrogen-bond acceptors (Lipinski definition) is 4. The van der Waals surface area contributed by atoms with Crippen molar-refractivity contribution in [3.05, 3.63) is 70.5 Å². The van der Waals surface area contributed by atoms with Gasteiger partial charge in [-0.2, -0.15) is 10.4 Å². The van der Waals surface area contributed by atoms with Gasteiger partial charge in [-0.25, -0.2) is 14.6 Å². The molecule has 0 saturated heterocycles. The van der Waals surface area contributed by atoms with Crippen LogP contribution in [0.4, 0.5) is 4.39 Å². The molecule has 0 heterocycles. The Morgan fingerprint density at radius 2 is 1.91 bits per heavy atom. The molecule has 0 fully saturated rings. The Hall–Kier alpha value is -3.53. The lowest BCUT2D eigenvalue weighted by atomic mass is 10.1. The molecule has 0 saturated carbocycles. The minimum atomic E-state index is -1.04. The van der Waals surface area contributed by atoms with Crippen molar-refractivity contribution in [2.75, 3.05) is 0 Å². The third-order valence-electron chi connectivity index (χ3n) is 2.88. The highest BCUT2D eigenvalue weighted by Crippen LogP contribution is 2.09. The van der Waals surface area contributed by atoms with Crippen molar-refractivity contribution in [1.29, 1.82) is 5.26 Å². The van der Waals surface area contributed by atoms with Gasteiger partial charge in [0, 0.05) is 0 Å². The van der Waals surface area contributed by atoms with Crippen molar-refractivity contribution in [3.63, 3.8) is 0 Å². The highest BCUT2D eigenvalue weighted by atomic mass is 19.1. The predicted octanol–water partition coefficient (Wildman–Crippen LogP) is 2.16. The van der Waals surface area contributed by atoms with Crippen LogP contribution in [0.15, 0.2) is 47.6 Å². The number of nitrogens with one attached hydrogen (secondary N) is 1. The number of rotatable bonds is 4. The summed E-state index contributed by atoms with van der Waals surface area (Å²) >= 11 is 0. The number of hydrogen-bond donors (Lipinski definition) is 2. The van der Waals surface area contributed by atoms with Crippen molar-refractivity contribution >= 4 is 18.1 Å². The van der Waals surface area contributed by atoms with Crippen LogP contribution in [0.2, 0.25) is 0 Å². The zero-order chi connectivity index (χ0) is 16.8. The van der Waals surface area contributed by atoms with Crippen LogP contribution >= 0.6 is 0 Å². The van der Waals surface area contributed by atoms with Gasteiger partial charge in [-0.3, -0.25) is 4.79 Å². The Kier molecular flexibility index (Phi) is 4.79. The number of carbonyl (C=O) groups excluding carboxylic acids is 1. The fourth-order valence-corrected chi connectivity index (χ4v) is 1.71. The Morgan fingerprint density at radius 1 is 1.22 bits per heavy atom. The van der Waals surface area contributed by atoms with Gasteiger partial charge in [-0.1, -0.05) is 12.1 Å². The molecule has 0 radical (unpaired) electrons. The van der Waals surface area contributed by atoms with Crippen molar-refractivity contribution in [3.8, 4) is 6.07 Å². The Balaban J connectivity index is 2.04. The van der Waals surface area contributed by atoms with E-state index in [1.165, 1.54) is 42.6 Å². The number of carbonyl (C=O) groups is 2. The number of carboxylic acid groups (broad SMARTS) is 1. The Bertz CT molecular complexity index is 823. The molecule has 2 aromatic rings. The summed E-state index contributed by atoms with van der Waals surface area (Å²) in [5, 5.41) is 21.1. The van der Waals surface area contributed by atoms with E-state index in [-0.39, 0.29) is 16.7 Å². The molecule has 1 amide bonds. The van der Waals surface area contributed by atoms with Crippen molar-refractivity contribution < 1.29 is 19.1 Å². The summed E-state index contributed by atoms with van der Waals surface area (Å²) in [5.74, 6) is -2.62. The van der Waals surface area contributed by atoms with Crippen LogP contribution in [0, 0.1) is 17.1 Å². The number of nitriles is 1. The van der Waals surface area contributed by atoms with E-state index in [4.69, 9.17) is 10.4 Å². The van der Waals surface area contributed by atoms with Crippen molar-refractivity contribution in [1.82, 2.24) is 5.43 Å². The number of hydrazone groups is 1. The molecule has 0 aliphatic carbocycles. The van der Waals surface area contributed by atoms with E-state index in [2.05, 4.69) is 10.5 Å². The molecule has 23 heavy (non-hydrogen) atoms. The van der Waals surface area contributed by atoms with E-state index in [0.29, 0.717) is 5.56 Å². The molecule has 0 aliphatic rings. The fourth-order valence-electron chi connectivity index (χ4n) is 1.71. The largest absolute Gasteiger partial charge is 0.478 e. The lowest BCUT2D eigenvalue weighted by molar-refractivity contribution is 0.0696. The normalized spacial score (nSPS) is 10.3. The van der Waals surface area contributed by atoms with E-state index >= 15 is 0 Å². The molecule has 0 spiro atoms. The van der Waals surface area contributed by atoms with Crippen LogP contribution in [0.5, 0.6) is 0 Å². The number of nitrogens with zero attached hydrogens (tertiary/aromatic N) is 2. The maximum atomic E-state index is 13.6. The summed E-state index contributed by atoms with van der Waals surface area (Å²) < 4.78 is 13.6. The highest BCUT2D eigenvalue weighted by molar-refractivity contribution is 5.95. The average Bonchev–Trinajstić information content (AvgIpc) is 2.55. The second-order valence-electron chi connectivity index (χ2n) is 4.43. The summed E-state index contributed by atoms with van der Waals surface area (Å²) in [7, 11) is 0. The summed E-state index contributed by atoms with van der Waals surface area (Å²) in [6, 6.07) is 11.1. The van der Waals surface area contributed by atoms with Gasteiger partial charge >= 0.3 is 5.97 Å². The lowest BCUT2D eigenvalue weighted by Gasteiger charge is -2.02. The Labute approximate surface area is 130 Å². The van der Waals surface area contributed by atoms with Crippen LogP contribution < -0.4 is 5.43 Å². The third-order valence-corrected chi connectivity index (χ3v) is 2.88. The zero-order valence-electron chi connectivity index (χ0n) is 11.7. The van der Waals surface area contributed by atoms with Crippen molar-refractivity contribution in [2.45, 2.75) is 0 Å². The van der Waals surface area contributed by atoms with E-state index in [0.717, 1.165) is 6.07 Å². The first-order chi connectivity index (χ1) is 11.0. The molecule has 0 atom stereocenters. The number of halogens is 1. The van der Waals surface area contributed by atoms with Crippen molar-refractivity contribution in [2.24, 2.45) is 5.10 Å².